The third-order valence-electron chi connectivity index (χ3n) is 5.46. The van der Waals surface area contributed by atoms with Gasteiger partial charge in [0.15, 0.2) is 11.5 Å². The SMILES string of the molecule is CC1CCN([C@@H](CNC(=O)c2cc(-c3ccc(Cl)cc3)on2)c2cccs2)CC1. The molecule has 0 saturated carbocycles. The maximum atomic E-state index is 12.7. The quantitative estimate of drug-likeness (QED) is 0.580. The minimum atomic E-state index is -0.221. The molecule has 1 amide bonds. The van der Waals surface area contributed by atoms with E-state index in [2.05, 4.69) is 39.8 Å². The van der Waals surface area contributed by atoms with Crippen molar-refractivity contribution in [2.45, 2.75) is 25.8 Å². The molecule has 0 bridgehead atoms. The van der Waals surface area contributed by atoms with Crippen LogP contribution in [0.3, 0.4) is 0 Å². The van der Waals surface area contributed by atoms with Crippen LogP contribution in [-0.2, 0) is 0 Å². The van der Waals surface area contributed by atoms with Crippen molar-refractivity contribution in [3.8, 4) is 11.3 Å². The lowest BCUT2D eigenvalue weighted by Gasteiger charge is -2.36. The van der Waals surface area contributed by atoms with Gasteiger partial charge in [-0.05, 0) is 67.6 Å². The van der Waals surface area contributed by atoms with E-state index in [9.17, 15) is 4.79 Å². The number of carbonyl (C=O) groups excluding carboxylic acids is 1. The zero-order valence-corrected chi connectivity index (χ0v) is 17.9. The second-order valence-corrected chi connectivity index (χ2v) is 8.96. The molecule has 0 radical (unpaired) electrons. The highest BCUT2D eigenvalue weighted by molar-refractivity contribution is 7.10. The minimum absolute atomic E-state index is 0.189. The Morgan fingerprint density at radius 3 is 2.76 bits per heavy atom. The molecule has 1 aliphatic rings. The highest BCUT2D eigenvalue weighted by Gasteiger charge is 2.26. The van der Waals surface area contributed by atoms with Gasteiger partial charge < -0.3 is 9.84 Å². The van der Waals surface area contributed by atoms with Crippen molar-refractivity contribution in [1.29, 1.82) is 0 Å². The number of piperidine rings is 1. The second kappa shape index (κ2) is 9.11. The zero-order valence-electron chi connectivity index (χ0n) is 16.3. The topological polar surface area (TPSA) is 58.4 Å². The Hall–Kier alpha value is -2.15. The van der Waals surface area contributed by atoms with Crippen LogP contribution in [0, 0.1) is 5.92 Å². The van der Waals surface area contributed by atoms with E-state index in [0.29, 0.717) is 17.3 Å². The third kappa shape index (κ3) is 4.89. The molecule has 3 aromatic rings. The fourth-order valence-corrected chi connectivity index (χ4v) is 4.63. The molecule has 0 spiro atoms. The van der Waals surface area contributed by atoms with E-state index >= 15 is 0 Å². The van der Waals surface area contributed by atoms with Crippen LogP contribution in [0.5, 0.6) is 0 Å². The number of aromatic nitrogens is 1. The Labute approximate surface area is 179 Å². The predicted octanol–water partition coefficient (Wildman–Crippen LogP) is 5.26. The molecule has 4 rings (SSSR count). The van der Waals surface area contributed by atoms with E-state index in [1.165, 1.54) is 17.7 Å². The zero-order chi connectivity index (χ0) is 20.2. The van der Waals surface area contributed by atoms with E-state index in [1.807, 2.05) is 12.1 Å². The number of thiophene rings is 1. The maximum Gasteiger partial charge on any atom is 0.273 e. The van der Waals surface area contributed by atoms with Gasteiger partial charge in [-0.15, -0.1) is 11.3 Å². The van der Waals surface area contributed by atoms with Crippen molar-refractivity contribution in [2.75, 3.05) is 19.6 Å². The van der Waals surface area contributed by atoms with Crippen LogP contribution in [0.15, 0.2) is 52.4 Å². The Bertz CT molecular complexity index is 931. The summed E-state index contributed by atoms with van der Waals surface area (Å²) in [6.45, 7) is 4.98. The first-order chi connectivity index (χ1) is 14.1. The normalized spacial score (nSPS) is 16.6. The molecule has 1 atom stereocenters. The summed E-state index contributed by atoms with van der Waals surface area (Å²) in [7, 11) is 0. The molecule has 3 heterocycles. The number of benzene rings is 1. The summed E-state index contributed by atoms with van der Waals surface area (Å²) < 4.78 is 5.36. The van der Waals surface area contributed by atoms with Crippen molar-refractivity contribution >= 4 is 28.8 Å². The van der Waals surface area contributed by atoms with Gasteiger partial charge in [0.25, 0.3) is 5.91 Å². The van der Waals surface area contributed by atoms with E-state index in [-0.39, 0.29) is 17.6 Å². The van der Waals surface area contributed by atoms with Gasteiger partial charge in [0.1, 0.15) is 0 Å². The van der Waals surface area contributed by atoms with Crippen molar-refractivity contribution in [2.24, 2.45) is 5.92 Å². The van der Waals surface area contributed by atoms with Gasteiger partial charge in [-0.1, -0.05) is 29.7 Å². The average molecular weight is 430 g/mol. The van der Waals surface area contributed by atoms with Crippen molar-refractivity contribution in [3.63, 3.8) is 0 Å². The number of carbonyl (C=O) groups is 1. The molecule has 152 valence electrons. The number of likely N-dealkylation sites (tertiary alicyclic amines) is 1. The number of halogens is 1. The number of hydrogen-bond donors (Lipinski definition) is 1. The maximum absolute atomic E-state index is 12.7. The summed E-state index contributed by atoms with van der Waals surface area (Å²) in [4.78, 5) is 16.4. The molecular formula is C22H24ClN3O2S. The van der Waals surface area contributed by atoms with Gasteiger partial charge in [0.2, 0.25) is 0 Å². The number of nitrogens with zero attached hydrogens (tertiary/aromatic N) is 2. The average Bonchev–Trinajstić information content (AvgIpc) is 3.42. The van der Waals surface area contributed by atoms with Crippen LogP contribution in [0.2, 0.25) is 5.02 Å². The van der Waals surface area contributed by atoms with Crippen LogP contribution in [0.1, 0.15) is 41.2 Å². The van der Waals surface area contributed by atoms with Crippen molar-refractivity contribution < 1.29 is 9.32 Å². The second-order valence-electron chi connectivity index (χ2n) is 7.54. The Morgan fingerprint density at radius 2 is 2.07 bits per heavy atom. The van der Waals surface area contributed by atoms with E-state index in [0.717, 1.165) is 24.6 Å². The lowest BCUT2D eigenvalue weighted by Crippen LogP contribution is -2.41. The minimum Gasteiger partial charge on any atom is -0.355 e. The largest absolute Gasteiger partial charge is 0.355 e. The van der Waals surface area contributed by atoms with E-state index < -0.39 is 0 Å². The number of rotatable bonds is 6. The lowest BCUT2D eigenvalue weighted by atomic mass is 9.97. The third-order valence-corrected chi connectivity index (χ3v) is 6.68. The number of amides is 1. The van der Waals surface area contributed by atoms with Crippen molar-refractivity contribution in [1.82, 2.24) is 15.4 Å². The number of nitrogens with one attached hydrogen (secondary N) is 1. The molecule has 7 heteroatoms. The molecule has 0 aliphatic carbocycles. The van der Waals surface area contributed by atoms with Crippen LogP contribution < -0.4 is 5.32 Å². The smallest absolute Gasteiger partial charge is 0.273 e. The summed E-state index contributed by atoms with van der Waals surface area (Å²) in [5.41, 5.74) is 1.12. The molecule has 1 aromatic carbocycles. The van der Waals surface area contributed by atoms with Crippen molar-refractivity contribution in [3.05, 3.63) is 63.4 Å². The molecule has 1 aliphatic heterocycles. The Balaban J connectivity index is 1.42. The standard InChI is InChI=1S/C22H24ClN3O2S/c1-15-8-10-26(11-9-15)19(21-3-2-12-29-21)14-24-22(27)18-13-20(28-25-18)16-4-6-17(23)7-5-16/h2-7,12-13,15,19H,8-11,14H2,1H3,(H,24,27)/t19-/m0/s1. The monoisotopic (exact) mass is 429 g/mol. The van der Waals surface area contributed by atoms with Crippen LogP contribution in [0.25, 0.3) is 11.3 Å². The molecule has 29 heavy (non-hydrogen) atoms. The summed E-state index contributed by atoms with van der Waals surface area (Å²) in [6, 6.07) is 13.3. The molecular weight excluding hydrogens is 406 g/mol. The molecule has 1 N–H and O–H groups in total. The number of hydrogen-bond acceptors (Lipinski definition) is 5. The van der Waals surface area contributed by atoms with Crippen LogP contribution in [0.4, 0.5) is 0 Å². The van der Waals surface area contributed by atoms with Crippen LogP contribution >= 0.6 is 22.9 Å². The molecule has 1 fully saturated rings. The van der Waals surface area contributed by atoms with Gasteiger partial charge in [-0.3, -0.25) is 9.69 Å². The van der Waals surface area contributed by atoms with Gasteiger partial charge >= 0.3 is 0 Å². The molecule has 0 unspecified atom stereocenters. The van der Waals surface area contributed by atoms with Gasteiger partial charge in [-0.2, -0.15) is 0 Å². The summed E-state index contributed by atoms with van der Waals surface area (Å²) in [5.74, 6) is 1.10. The summed E-state index contributed by atoms with van der Waals surface area (Å²) in [6.07, 6.45) is 2.40. The highest BCUT2D eigenvalue weighted by Crippen LogP contribution is 2.29. The first kappa shape index (κ1) is 20.1. The Kier molecular flexibility index (Phi) is 6.33. The first-order valence-electron chi connectivity index (χ1n) is 9.88. The summed E-state index contributed by atoms with van der Waals surface area (Å²) in [5, 5.41) is 9.74. The molecule has 5 nitrogen and oxygen atoms in total. The fourth-order valence-electron chi connectivity index (χ4n) is 3.64. The van der Waals surface area contributed by atoms with E-state index in [4.69, 9.17) is 16.1 Å². The molecule has 1 saturated heterocycles. The van der Waals surface area contributed by atoms with Gasteiger partial charge in [0.05, 0.1) is 6.04 Å². The lowest BCUT2D eigenvalue weighted by molar-refractivity contribution is 0.0906. The first-order valence-corrected chi connectivity index (χ1v) is 11.1. The Morgan fingerprint density at radius 1 is 1.31 bits per heavy atom. The summed E-state index contributed by atoms with van der Waals surface area (Å²) >= 11 is 7.66. The van der Waals surface area contributed by atoms with E-state index in [1.54, 1.807) is 29.5 Å². The highest BCUT2D eigenvalue weighted by atomic mass is 35.5. The molecule has 2 aromatic heterocycles. The predicted molar refractivity (Wildman–Crippen MR) is 116 cm³/mol. The van der Waals surface area contributed by atoms with Gasteiger partial charge in [0, 0.05) is 28.1 Å². The van der Waals surface area contributed by atoms with Gasteiger partial charge in [-0.25, -0.2) is 0 Å². The fraction of sp³-hybridized carbons (Fsp3) is 0.364. The van der Waals surface area contributed by atoms with Crippen LogP contribution in [-0.4, -0.2) is 35.6 Å².